The lowest BCUT2D eigenvalue weighted by molar-refractivity contribution is -0.138. The Morgan fingerprint density at radius 1 is 1.30 bits per heavy atom. The average molecular weight is 343 g/mol. The molecule has 0 atom stereocenters. The molecule has 0 aliphatic rings. The summed E-state index contributed by atoms with van der Waals surface area (Å²) in [7, 11) is -3.98. The second-order valence-corrected chi connectivity index (χ2v) is 6.62. The van der Waals surface area contributed by atoms with Crippen LogP contribution in [-0.2, 0) is 25.1 Å². The van der Waals surface area contributed by atoms with E-state index < -0.39 is 44.9 Å². The molecule has 0 heterocycles. The van der Waals surface area contributed by atoms with Crippen LogP contribution in [0.3, 0.4) is 0 Å². The van der Waals surface area contributed by atoms with E-state index in [-0.39, 0.29) is 6.61 Å². The number of nitriles is 1. The predicted octanol–water partition coefficient (Wildman–Crippen LogP) is 2.25. The van der Waals surface area contributed by atoms with Crippen molar-refractivity contribution < 1.29 is 26.7 Å². The monoisotopic (exact) mass is 343 g/mol. The molecule has 0 saturated carbocycles. The third-order valence-corrected chi connectivity index (χ3v) is 4.30. The van der Waals surface area contributed by atoms with E-state index in [9.17, 15) is 22.0 Å². The molecule has 1 rings (SSSR count). The number of esters is 1. The summed E-state index contributed by atoms with van der Waals surface area (Å²) in [5.74, 6) is -2.80. The van der Waals surface area contributed by atoms with Crippen molar-refractivity contribution in [2.75, 3.05) is 12.4 Å². The largest absolute Gasteiger partial charge is 0.462 e. The van der Waals surface area contributed by atoms with Gasteiger partial charge in [-0.2, -0.15) is 5.26 Å². The minimum atomic E-state index is -3.98. The van der Waals surface area contributed by atoms with Gasteiger partial charge in [0.05, 0.1) is 18.1 Å². The maximum atomic E-state index is 13.1. The highest BCUT2D eigenvalue weighted by Gasteiger charge is 2.28. The number of hydrogen-bond acceptors (Lipinski definition) is 5. The summed E-state index contributed by atoms with van der Waals surface area (Å²) in [6, 6.07) is 9.33. The molecule has 0 bridgehead atoms. The van der Waals surface area contributed by atoms with Gasteiger partial charge in [0.15, 0.2) is 9.84 Å². The highest BCUT2D eigenvalue weighted by molar-refractivity contribution is 7.90. The first-order valence-corrected chi connectivity index (χ1v) is 8.45. The third-order valence-electron chi connectivity index (χ3n) is 2.78. The van der Waals surface area contributed by atoms with Gasteiger partial charge >= 0.3 is 5.97 Å². The Kier molecular flexibility index (Phi) is 6.85. The smallest absolute Gasteiger partial charge is 0.349 e. The number of alkyl halides is 2. The van der Waals surface area contributed by atoms with Gasteiger partial charge in [0, 0.05) is 5.57 Å². The highest BCUT2D eigenvalue weighted by atomic mass is 32.2. The molecule has 23 heavy (non-hydrogen) atoms. The van der Waals surface area contributed by atoms with Crippen LogP contribution in [0.15, 0.2) is 41.5 Å². The van der Waals surface area contributed by atoms with E-state index in [1.807, 2.05) is 0 Å². The molecule has 0 spiro atoms. The number of nitrogens with zero attached hydrogens (tertiary/aromatic N) is 1. The minimum absolute atomic E-state index is 0.114. The molecule has 0 amide bonds. The molecule has 0 unspecified atom stereocenters. The number of halogens is 2. The Bertz CT molecular complexity index is 722. The standard InChI is InChI=1S/C15H15F2NO4S/c1-2-22-15(19)12(8-18)13(14(16)17)10-23(20,21)9-11-6-4-3-5-7-11/h3-7,14H,2,9-10H2,1H3. The molecule has 0 aliphatic carbocycles. The molecule has 124 valence electrons. The first-order valence-electron chi connectivity index (χ1n) is 6.63. The summed E-state index contributed by atoms with van der Waals surface area (Å²) in [4.78, 5) is 11.5. The number of sulfone groups is 1. The molecular formula is C15H15F2NO4S. The van der Waals surface area contributed by atoms with Crippen molar-refractivity contribution in [1.29, 1.82) is 5.26 Å². The summed E-state index contributed by atoms with van der Waals surface area (Å²) in [6.45, 7) is 1.33. The van der Waals surface area contributed by atoms with E-state index in [0.717, 1.165) is 0 Å². The van der Waals surface area contributed by atoms with Crippen LogP contribution in [0.2, 0.25) is 0 Å². The summed E-state index contributed by atoms with van der Waals surface area (Å²) in [5.41, 5.74) is -1.57. The lowest BCUT2D eigenvalue weighted by Gasteiger charge is -2.10. The van der Waals surface area contributed by atoms with E-state index in [1.165, 1.54) is 13.0 Å². The fourth-order valence-corrected chi connectivity index (χ4v) is 3.36. The van der Waals surface area contributed by atoms with Crippen molar-refractivity contribution in [2.45, 2.75) is 19.1 Å². The normalized spacial score (nSPS) is 12.5. The molecule has 0 aromatic heterocycles. The van der Waals surface area contributed by atoms with Gasteiger partial charge in [-0.25, -0.2) is 22.0 Å². The number of ether oxygens (including phenoxy) is 1. The van der Waals surface area contributed by atoms with Crippen molar-refractivity contribution in [3.63, 3.8) is 0 Å². The van der Waals surface area contributed by atoms with Gasteiger partial charge in [-0.05, 0) is 12.5 Å². The van der Waals surface area contributed by atoms with Crippen LogP contribution in [0.4, 0.5) is 8.78 Å². The van der Waals surface area contributed by atoms with Crippen LogP contribution in [0.25, 0.3) is 0 Å². The van der Waals surface area contributed by atoms with Crippen LogP contribution in [-0.4, -0.2) is 33.2 Å². The van der Waals surface area contributed by atoms with E-state index in [1.54, 1.807) is 30.3 Å². The lowest BCUT2D eigenvalue weighted by Crippen LogP contribution is -2.20. The van der Waals surface area contributed by atoms with Crippen molar-refractivity contribution in [3.05, 3.63) is 47.0 Å². The first-order chi connectivity index (χ1) is 10.8. The zero-order valence-corrected chi connectivity index (χ0v) is 13.1. The molecule has 0 aliphatic heterocycles. The third kappa shape index (κ3) is 5.79. The van der Waals surface area contributed by atoms with Crippen molar-refractivity contribution in [1.82, 2.24) is 0 Å². The molecule has 0 radical (unpaired) electrons. The first kappa shape index (κ1) is 18.8. The zero-order valence-electron chi connectivity index (χ0n) is 12.3. The maximum Gasteiger partial charge on any atom is 0.349 e. The van der Waals surface area contributed by atoms with Crippen LogP contribution >= 0.6 is 0 Å². The minimum Gasteiger partial charge on any atom is -0.462 e. The van der Waals surface area contributed by atoms with Crippen LogP contribution in [0.1, 0.15) is 12.5 Å². The second-order valence-electron chi connectivity index (χ2n) is 4.55. The van der Waals surface area contributed by atoms with Gasteiger partial charge in [-0.3, -0.25) is 0 Å². The highest BCUT2D eigenvalue weighted by Crippen LogP contribution is 2.19. The number of rotatable bonds is 7. The van der Waals surface area contributed by atoms with Gasteiger partial charge in [0.25, 0.3) is 6.43 Å². The van der Waals surface area contributed by atoms with Crippen LogP contribution < -0.4 is 0 Å². The average Bonchev–Trinajstić information content (AvgIpc) is 2.47. The molecule has 1 aromatic rings. The molecular weight excluding hydrogens is 328 g/mol. The second kappa shape index (κ2) is 8.39. The topological polar surface area (TPSA) is 84.2 Å². The maximum absolute atomic E-state index is 13.1. The Morgan fingerprint density at radius 3 is 2.39 bits per heavy atom. The summed E-state index contributed by atoms with van der Waals surface area (Å²) in [5, 5.41) is 8.89. The van der Waals surface area contributed by atoms with E-state index in [2.05, 4.69) is 4.74 Å². The van der Waals surface area contributed by atoms with Crippen LogP contribution in [0, 0.1) is 11.3 Å². The van der Waals surface area contributed by atoms with Crippen molar-refractivity contribution in [3.8, 4) is 6.07 Å². The fraction of sp³-hybridized carbons (Fsp3) is 0.333. The molecule has 0 saturated heterocycles. The predicted molar refractivity (Wildman–Crippen MR) is 79.2 cm³/mol. The Morgan fingerprint density at radius 2 is 1.91 bits per heavy atom. The molecule has 0 N–H and O–H groups in total. The van der Waals surface area contributed by atoms with Crippen LogP contribution in [0.5, 0.6) is 0 Å². The molecule has 1 aromatic carbocycles. The molecule has 0 fully saturated rings. The molecule has 8 heteroatoms. The van der Waals surface area contributed by atoms with E-state index in [4.69, 9.17) is 5.26 Å². The summed E-state index contributed by atoms with van der Waals surface area (Å²) < 4.78 is 54.9. The lowest BCUT2D eigenvalue weighted by atomic mass is 10.1. The fourth-order valence-electron chi connectivity index (χ4n) is 1.81. The number of benzene rings is 1. The number of carbonyl (C=O) groups excluding carboxylic acids is 1. The number of carbonyl (C=O) groups is 1. The molecule has 5 nitrogen and oxygen atoms in total. The van der Waals surface area contributed by atoms with Gasteiger partial charge in [0.1, 0.15) is 11.6 Å². The Labute approximate surface area is 133 Å². The van der Waals surface area contributed by atoms with E-state index >= 15 is 0 Å². The van der Waals surface area contributed by atoms with Gasteiger partial charge in [-0.15, -0.1) is 0 Å². The quantitative estimate of drug-likeness (QED) is 0.431. The summed E-state index contributed by atoms with van der Waals surface area (Å²) >= 11 is 0. The van der Waals surface area contributed by atoms with Crippen molar-refractivity contribution in [2.24, 2.45) is 0 Å². The van der Waals surface area contributed by atoms with Gasteiger partial charge in [-0.1, -0.05) is 30.3 Å². The Hall–Kier alpha value is -2.27. The summed E-state index contributed by atoms with van der Waals surface area (Å²) in [6.07, 6.45) is -3.25. The van der Waals surface area contributed by atoms with E-state index in [0.29, 0.717) is 5.56 Å². The van der Waals surface area contributed by atoms with Crippen molar-refractivity contribution >= 4 is 15.8 Å². The van der Waals surface area contributed by atoms with Gasteiger partial charge in [0.2, 0.25) is 0 Å². The zero-order chi connectivity index (χ0) is 17.5. The number of hydrogen-bond donors (Lipinski definition) is 0. The Balaban J connectivity index is 3.12. The SMILES string of the molecule is CCOC(=O)C(C#N)=C(CS(=O)(=O)Cc1ccccc1)C(F)F. The van der Waals surface area contributed by atoms with Gasteiger partial charge < -0.3 is 4.74 Å².